The van der Waals surface area contributed by atoms with Crippen molar-refractivity contribution in [1.82, 2.24) is 14.9 Å². The Morgan fingerprint density at radius 1 is 1.20 bits per heavy atom. The van der Waals surface area contributed by atoms with Gasteiger partial charge in [0.1, 0.15) is 0 Å². The molecule has 130 valence electrons. The summed E-state index contributed by atoms with van der Waals surface area (Å²) in [7, 11) is 0. The SMILES string of the molecule is Cc1nc(C)c(C(=O)N2CCC(c3c(C)[nH]c4ccccc34)CC2)o1. The molecule has 0 aliphatic carbocycles. The number of nitrogens with zero attached hydrogens (tertiary/aromatic N) is 2. The maximum atomic E-state index is 12.7. The van der Waals surface area contributed by atoms with E-state index in [2.05, 4.69) is 41.2 Å². The number of carbonyl (C=O) groups excluding carboxylic acids is 1. The molecule has 3 aromatic rings. The molecule has 0 saturated carbocycles. The Labute approximate surface area is 147 Å². The van der Waals surface area contributed by atoms with Gasteiger partial charge in [-0.05, 0) is 44.2 Å². The normalized spacial score (nSPS) is 15.9. The minimum Gasteiger partial charge on any atom is -0.436 e. The molecule has 2 aromatic heterocycles. The van der Waals surface area contributed by atoms with Gasteiger partial charge in [0.25, 0.3) is 5.91 Å². The lowest BCUT2D eigenvalue weighted by molar-refractivity contribution is 0.0678. The molecule has 1 amide bonds. The molecule has 1 fully saturated rings. The fraction of sp³-hybridized carbons (Fsp3) is 0.400. The van der Waals surface area contributed by atoms with Gasteiger partial charge in [0.2, 0.25) is 5.76 Å². The molecule has 5 heteroatoms. The number of likely N-dealkylation sites (tertiary alicyclic amines) is 1. The number of aromatic amines is 1. The number of benzene rings is 1. The topological polar surface area (TPSA) is 62.1 Å². The van der Waals surface area contributed by atoms with Crippen LogP contribution in [0.15, 0.2) is 28.7 Å². The van der Waals surface area contributed by atoms with Crippen LogP contribution in [-0.2, 0) is 0 Å². The first kappa shape index (κ1) is 15.9. The third-order valence-corrected chi connectivity index (χ3v) is 5.23. The van der Waals surface area contributed by atoms with E-state index in [-0.39, 0.29) is 5.91 Å². The van der Waals surface area contributed by atoms with Crippen molar-refractivity contribution >= 4 is 16.8 Å². The average Bonchev–Trinajstić information content (AvgIpc) is 3.12. The molecule has 5 nitrogen and oxygen atoms in total. The number of hydrogen-bond donors (Lipinski definition) is 1. The van der Waals surface area contributed by atoms with Crippen molar-refractivity contribution in [3.8, 4) is 0 Å². The van der Waals surface area contributed by atoms with Gasteiger partial charge < -0.3 is 14.3 Å². The van der Waals surface area contributed by atoms with Gasteiger partial charge in [-0.15, -0.1) is 0 Å². The van der Waals surface area contributed by atoms with Crippen LogP contribution in [0, 0.1) is 20.8 Å². The lowest BCUT2D eigenvalue weighted by Gasteiger charge is -2.32. The van der Waals surface area contributed by atoms with E-state index in [1.807, 2.05) is 11.8 Å². The summed E-state index contributed by atoms with van der Waals surface area (Å²) in [5.74, 6) is 1.38. The van der Waals surface area contributed by atoms with E-state index in [1.165, 1.54) is 22.2 Å². The molecular formula is C20H23N3O2. The molecule has 1 N–H and O–H groups in total. The minimum absolute atomic E-state index is 0.0350. The third-order valence-electron chi connectivity index (χ3n) is 5.23. The molecular weight excluding hydrogens is 314 g/mol. The lowest BCUT2D eigenvalue weighted by Crippen LogP contribution is -2.38. The largest absolute Gasteiger partial charge is 0.436 e. The van der Waals surface area contributed by atoms with Crippen molar-refractivity contribution < 1.29 is 9.21 Å². The molecule has 4 rings (SSSR count). The number of nitrogens with one attached hydrogen (secondary N) is 1. The summed E-state index contributed by atoms with van der Waals surface area (Å²) >= 11 is 0. The van der Waals surface area contributed by atoms with E-state index in [0.29, 0.717) is 23.3 Å². The van der Waals surface area contributed by atoms with Gasteiger partial charge in [-0.2, -0.15) is 0 Å². The van der Waals surface area contributed by atoms with Gasteiger partial charge >= 0.3 is 0 Å². The highest BCUT2D eigenvalue weighted by molar-refractivity contribution is 5.92. The maximum absolute atomic E-state index is 12.7. The highest BCUT2D eigenvalue weighted by atomic mass is 16.4. The molecule has 0 radical (unpaired) electrons. The van der Waals surface area contributed by atoms with Crippen molar-refractivity contribution in [1.29, 1.82) is 0 Å². The second-order valence-electron chi connectivity index (χ2n) is 6.92. The Bertz CT molecular complexity index is 930. The summed E-state index contributed by atoms with van der Waals surface area (Å²) in [5, 5.41) is 1.31. The molecule has 25 heavy (non-hydrogen) atoms. The summed E-state index contributed by atoms with van der Waals surface area (Å²) in [5.41, 5.74) is 4.53. The number of aromatic nitrogens is 2. The molecule has 1 aliphatic heterocycles. The minimum atomic E-state index is -0.0350. The summed E-state index contributed by atoms with van der Waals surface area (Å²) in [4.78, 5) is 22.3. The summed E-state index contributed by atoms with van der Waals surface area (Å²) in [6.07, 6.45) is 1.95. The van der Waals surface area contributed by atoms with Gasteiger partial charge in [-0.25, -0.2) is 4.98 Å². The maximum Gasteiger partial charge on any atom is 0.291 e. The fourth-order valence-corrected chi connectivity index (χ4v) is 4.07. The zero-order valence-electron chi connectivity index (χ0n) is 14.9. The molecule has 1 aliphatic rings. The van der Waals surface area contributed by atoms with Crippen molar-refractivity contribution in [3.63, 3.8) is 0 Å². The monoisotopic (exact) mass is 337 g/mol. The average molecular weight is 337 g/mol. The third kappa shape index (κ3) is 2.73. The van der Waals surface area contributed by atoms with Crippen molar-refractivity contribution in [2.45, 2.75) is 39.5 Å². The molecule has 3 heterocycles. The van der Waals surface area contributed by atoms with Crippen LogP contribution in [0.5, 0.6) is 0 Å². The van der Waals surface area contributed by atoms with Crippen LogP contribution in [0.2, 0.25) is 0 Å². The summed E-state index contributed by atoms with van der Waals surface area (Å²) in [6, 6.07) is 8.46. The Kier molecular flexibility index (Phi) is 3.86. The first-order chi connectivity index (χ1) is 12.0. The van der Waals surface area contributed by atoms with Gasteiger partial charge in [0.15, 0.2) is 5.89 Å². The number of rotatable bonds is 2. The number of fused-ring (bicyclic) bond motifs is 1. The number of oxazole rings is 1. The van der Waals surface area contributed by atoms with Gasteiger partial charge in [0.05, 0.1) is 5.69 Å². The quantitative estimate of drug-likeness (QED) is 0.766. The van der Waals surface area contributed by atoms with E-state index in [9.17, 15) is 4.79 Å². The Morgan fingerprint density at radius 3 is 2.60 bits per heavy atom. The van der Waals surface area contributed by atoms with Crippen LogP contribution >= 0.6 is 0 Å². The zero-order valence-corrected chi connectivity index (χ0v) is 14.9. The lowest BCUT2D eigenvalue weighted by atomic mass is 9.87. The van der Waals surface area contributed by atoms with Crippen LogP contribution < -0.4 is 0 Å². The van der Waals surface area contributed by atoms with Crippen LogP contribution in [0.1, 0.15) is 52.2 Å². The molecule has 1 saturated heterocycles. The molecule has 0 bridgehead atoms. The second-order valence-corrected chi connectivity index (χ2v) is 6.92. The number of hydrogen-bond acceptors (Lipinski definition) is 3. The number of carbonyl (C=O) groups is 1. The van der Waals surface area contributed by atoms with E-state index in [4.69, 9.17) is 4.42 Å². The predicted octanol–water partition coefficient (Wildman–Crippen LogP) is 4.10. The van der Waals surface area contributed by atoms with Gasteiger partial charge in [-0.3, -0.25) is 4.79 Å². The Morgan fingerprint density at radius 2 is 1.92 bits per heavy atom. The van der Waals surface area contributed by atoms with Crippen LogP contribution in [0.3, 0.4) is 0 Å². The predicted molar refractivity (Wildman–Crippen MR) is 96.9 cm³/mol. The Hall–Kier alpha value is -2.56. The first-order valence-electron chi connectivity index (χ1n) is 8.85. The first-order valence-corrected chi connectivity index (χ1v) is 8.85. The number of piperidine rings is 1. The molecule has 0 atom stereocenters. The summed E-state index contributed by atoms with van der Waals surface area (Å²) < 4.78 is 5.50. The van der Waals surface area contributed by atoms with Gasteiger partial charge in [0, 0.05) is 36.6 Å². The number of aryl methyl sites for hydroxylation is 3. The van der Waals surface area contributed by atoms with Gasteiger partial charge in [-0.1, -0.05) is 18.2 Å². The highest BCUT2D eigenvalue weighted by Gasteiger charge is 2.29. The molecule has 1 aromatic carbocycles. The number of H-pyrrole nitrogens is 1. The Balaban J connectivity index is 1.52. The van der Waals surface area contributed by atoms with Crippen LogP contribution in [-0.4, -0.2) is 33.9 Å². The molecule has 0 unspecified atom stereocenters. The van der Waals surface area contributed by atoms with E-state index in [0.717, 1.165) is 25.9 Å². The van der Waals surface area contributed by atoms with Crippen LogP contribution in [0.4, 0.5) is 0 Å². The smallest absolute Gasteiger partial charge is 0.291 e. The van der Waals surface area contributed by atoms with E-state index >= 15 is 0 Å². The highest BCUT2D eigenvalue weighted by Crippen LogP contribution is 2.35. The zero-order chi connectivity index (χ0) is 17.6. The molecule has 0 spiro atoms. The van der Waals surface area contributed by atoms with E-state index in [1.54, 1.807) is 6.92 Å². The standard InChI is InChI=1S/C20H23N3O2/c1-12-18(16-6-4-5-7-17(16)22-12)15-8-10-23(11-9-15)20(24)19-13(2)21-14(3)25-19/h4-7,15,22H,8-11H2,1-3H3. The second kappa shape index (κ2) is 6.06. The number of amides is 1. The number of para-hydroxylation sites is 1. The van der Waals surface area contributed by atoms with Crippen LogP contribution in [0.25, 0.3) is 10.9 Å². The summed E-state index contributed by atoms with van der Waals surface area (Å²) in [6.45, 7) is 7.25. The van der Waals surface area contributed by atoms with Crippen molar-refractivity contribution in [3.05, 3.63) is 52.9 Å². The van der Waals surface area contributed by atoms with Crippen molar-refractivity contribution in [2.24, 2.45) is 0 Å². The fourth-order valence-electron chi connectivity index (χ4n) is 4.07. The van der Waals surface area contributed by atoms with Crippen molar-refractivity contribution in [2.75, 3.05) is 13.1 Å². The van der Waals surface area contributed by atoms with E-state index < -0.39 is 0 Å².